The van der Waals surface area contributed by atoms with Crippen molar-refractivity contribution in [1.82, 2.24) is 0 Å². The zero-order chi connectivity index (χ0) is 18.4. The van der Waals surface area contributed by atoms with Crippen LogP contribution in [0.1, 0.15) is 53.2 Å². The fourth-order valence-electron chi connectivity index (χ4n) is 2.61. The van der Waals surface area contributed by atoms with Crippen LogP contribution in [0.5, 0.6) is 0 Å². The second-order valence-electron chi connectivity index (χ2n) is 6.34. The Morgan fingerprint density at radius 2 is 1.84 bits per heavy atom. The number of para-hydroxylation sites is 1. The van der Waals surface area contributed by atoms with Crippen LogP contribution in [0.2, 0.25) is 0 Å². The number of carbonyl (C=O) groups excluding carboxylic acids is 2. The summed E-state index contributed by atoms with van der Waals surface area (Å²) in [5, 5.41) is 2.84. The first kappa shape index (κ1) is 18.7. The molecule has 0 fully saturated rings. The van der Waals surface area contributed by atoms with Crippen molar-refractivity contribution in [3.8, 4) is 0 Å². The number of esters is 1. The van der Waals surface area contributed by atoms with Crippen molar-refractivity contribution in [2.24, 2.45) is 0 Å². The minimum Gasteiger partial charge on any atom is -0.452 e. The van der Waals surface area contributed by atoms with Gasteiger partial charge in [0.1, 0.15) is 0 Å². The van der Waals surface area contributed by atoms with Crippen LogP contribution in [0, 0.1) is 13.8 Å². The van der Waals surface area contributed by atoms with Crippen molar-refractivity contribution in [2.45, 2.75) is 40.0 Å². The van der Waals surface area contributed by atoms with Crippen molar-refractivity contribution in [3.63, 3.8) is 0 Å². The van der Waals surface area contributed by atoms with Gasteiger partial charge >= 0.3 is 5.97 Å². The molecule has 2 aromatic rings. The van der Waals surface area contributed by atoms with Crippen LogP contribution in [0.4, 0.5) is 5.69 Å². The Morgan fingerprint density at radius 3 is 2.56 bits per heavy atom. The molecule has 4 heteroatoms. The lowest BCUT2D eigenvalue weighted by molar-refractivity contribution is -0.119. The minimum atomic E-state index is -0.480. The zero-order valence-corrected chi connectivity index (χ0v) is 15.3. The summed E-state index contributed by atoms with van der Waals surface area (Å²) in [6.07, 6.45) is 0.981. The summed E-state index contributed by atoms with van der Waals surface area (Å²) in [5.41, 5.74) is 4.15. The number of carbonyl (C=O) groups is 2. The quantitative estimate of drug-likeness (QED) is 0.782. The van der Waals surface area contributed by atoms with Gasteiger partial charge in [0, 0.05) is 5.69 Å². The molecule has 0 aliphatic heterocycles. The van der Waals surface area contributed by atoms with E-state index in [-0.39, 0.29) is 12.5 Å². The molecule has 2 aromatic carbocycles. The summed E-state index contributed by atoms with van der Waals surface area (Å²) in [5.74, 6) is -0.477. The highest BCUT2D eigenvalue weighted by atomic mass is 16.5. The molecule has 0 unspecified atom stereocenters. The highest BCUT2D eigenvalue weighted by molar-refractivity contribution is 5.96. The number of nitrogens with one attached hydrogen (secondary N) is 1. The Labute approximate surface area is 149 Å². The summed E-state index contributed by atoms with van der Waals surface area (Å²) in [7, 11) is 0. The van der Waals surface area contributed by atoms with Crippen molar-refractivity contribution >= 4 is 17.6 Å². The van der Waals surface area contributed by atoms with Gasteiger partial charge in [-0.3, -0.25) is 4.79 Å². The lowest BCUT2D eigenvalue weighted by atomic mass is 9.97. The number of hydrogen-bond donors (Lipinski definition) is 1. The second-order valence-corrected chi connectivity index (χ2v) is 6.34. The molecule has 0 spiro atoms. The Kier molecular flexibility index (Phi) is 6.34. The molecule has 0 heterocycles. The molecule has 25 heavy (non-hydrogen) atoms. The summed E-state index contributed by atoms with van der Waals surface area (Å²) >= 11 is 0. The fraction of sp³-hybridized carbons (Fsp3) is 0.333. The summed E-state index contributed by atoms with van der Waals surface area (Å²) in [4.78, 5) is 24.4. The molecule has 1 N–H and O–H groups in total. The van der Waals surface area contributed by atoms with Gasteiger partial charge in [-0.25, -0.2) is 4.79 Å². The molecule has 0 aliphatic carbocycles. The molecular weight excluding hydrogens is 314 g/mol. The van der Waals surface area contributed by atoms with Gasteiger partial charge in [-0.05, 0) is 49.4 Å². The first-order chi connectivity index (χ1) is 11.9. The molecule has 4 nitrogen and oxygen atoms in total. The SMILES string of the molecule is CC[C@H](C)c1ccccc1NC(=O)COC(=O)c1cc(C)ccc1C. The average Bonchev–Trinajstić information content (AvgIpc) is 2.61. The van der Waals surface area contributed by atoms with Crippen LogP contribution in [0.15, 0.2) is 42.5 Å². The van der Waals surface area contributed by atoms with Gasteiger partial charge in [-0.1, -0.05) is 49.7 Å². The number of aryl methyl sites for hydroxylation is 2. The minimum absolute atomic E-state index is 0.305. The van der Waals surface area contributed by atoms with E-state index in [4.69, 9.17) is 4.74 Å². The third-order valence-corrected chi connectivity index (χ3v) is 4.33. The normalized spacial score (nSPS) is 11.7. The molecule has 1 atom stereocenters. The number of ether oxygens (including phenoxy) is 1. The molecule has 0 aliphatic rings. The number of hydrogen-bond acceptors (Lipinski definition) is 3. The molecular formula is C21H25NO3. The molecule has 0 saturated heterocycles. The van der Waals surface area contributed by atoms with E-state index in [0.29, 0.717) is 11.5 Å². The van der Waals surface area contributed by atoms with Gasteiger partial charge in [-0.15, -0.1) is 0 Å². The standard InChI is InChI=1S/C21H25NO3/c1-5-15(3)17-8-6-7-9-19(17)22-20(23)13-25-21(24)18-12-14(2)10-11-16(18)4/h6-12,15H,5,13H2,1-4H3,(H,22,23)/t15-/m0/s1. The Balaban J connectivity index is 2.00. The Bertz CT molecular complexity index is 767. The van der Waals surface area contributed by atoms with Crippen molar-refractivity contribution < 1.29 is 14.3 Å². The Hall–Kier alpha value is -2.62. The van der Waals surface area contributed by atoms with Gasteiger partial charge in [0.15, 0.2) is 6.61 Å². The van der Waals surface area contributed by atoms with E-state index in [2.05, 4.69) is 19.2 Å². The first-order valence-corrected chi connectivity index (χ1v) is 8.55. The topological polar surface area (TPSA) is 55.4 Å². The van der Waals surface area contributed by atoms with E-state index in [1.807, 2.05) is 50.2 Å². The van der Waals surface area contributed by atoms with E-state index < -0.39 is 5.97 Å². The van der Waals surface area contributed by atoms with E-state index in [1.165, 1.54) is 0 Å². The second kappa shape index (κ2) is 8.47. The van der Waals surface area contributed by atoms with Crippen LogP contribution in [0.3, 0.4) is 0 Å². The molecule has 1 amide bonds. The van der Waals surface area contributed by atoms with Gasteiger partial charge in [0.25, 0.3) is 5.91 Å². The maximum atomic E-state index is 12.2. The molecule has 132 valence electrons. The van der Waals surface area contributed by atoms with Gasteiger partial charge in [-0.2, -0.15) is 0 Å². The van der Waals surface area contributed by atoms with Gasteiger partial charge in [0.05, 0.1) is 5.56 Å². The molecule has 2 rings (SSSR count). The summed E-state index contributed by atoms with van der Waals surface area (Å²) < 4.78 is 5.17. The largest absolute Gasteiger partial charge is 0.452 e. The van der Waals surface area contributed by atoms with Crippen molar-refractivity contribution in [1.29, 1.82) is 0 Å². The highest BCUT2D eigenvalue weighted by Gasteiger charge is 2.15. The summed E-state index contributed by atoms with van der Waals surface area (Å²) in [6, 6.07) is 13.3. The van der Waals surface area contributed by atoms with Crippen LogP contribution < -0.4 is 5.32 Å². The summed E-state index contributed by atoms with van der Waals surface area (Å²) in [6.45, 7) is 7.68. The number of benzene rings is 2. The number of rotatable bonds is 6. The van der Waals surface area contributed by atoms with E-state index in [9.17, 15) is 9.59 Å². The average molecular weight is 339 g/mol. The lowest BCUT2D eigenvalue weighted by Crippen LogP contribution is -2.22. The van der Waals surface area contributed by atoms with Crippen LogP contribution in [0.25, 0.3) is 0 Å². The molecule has 0 bridgehead atoms. The van der Waals surface area contributed by atoms with Crippen LogP contribution >= 0.6 is 0 Å². The predicted octanol–water partition coefficient (Wildman–Crippen LogP) is 4.61. The third kappa shape index (κ3) is 4.92. The third-order valence-electron chi connectivity index (χ3n) is 4.33. The zero-order valence-electron chi connectivity index (χ0n) is 15.3. The van der Waals surface area contributed by atoms with Gasteiger partial charge in [0.2, 0.25) is 0 Å². The highest BCUT2D eigenvalue weighted by Crippen LogP contribution is 2.26. The smallest absolute Gasteiger partial charge is 0.338 e. The van der Waals surface area contributed by atoms with Crippen molar-refractivity contribution in [2.75, 3.05) is 11.9 Å². The Morgan fingerprint density at radius 1 is 1.12 bits per heavy atom. The van der Waals surface area contributed by atoms with E-state index in [0.717, 1.165) is 28.8 Å². The monoisotopic (exact) mass is 339 g/mol. The van der Waals surface area contributed by atoms with Crippen molar-refractivity contribution in [3.05, 3.63) is 64.7 Å². The molecule has 0 saturated carbocycles. The molecule has 0 radical (unpaired) electrons. The maximum absolute atomic E-state index is 12.2. The van der Waals surface area contributed by atoms with Crippen LogP contribution in [-0.2, 0) is 9.53 Å². The number of anilines is 1. The fourth-order valence-corrected chi connectivity index (χ4v) is 2.61. The molecule has 0 aromatic heterocycles. The van der Waals surface area contributed by atoms with Crippen LogP contribution in [-0.4, -0.2) is 18.5 Å². The maximum Gasteiger partial charge on any atom is 0.338 e. The first-order valence-electron chi connectivity index (χ1n) is 8.55. The van der Waals surface area contributed by atoms with E-state index in [1.54, 1.807) is 6.07 Å². The predicted molar refractivity (Wildman–Crippen MR) is 100.0 cm³/mol. The lowest BCUT2D eigenvalue weighted by Gasteiger charge is -2.15. The van der Waals surface area contributed by atoms with E-state index >= 15 is 0 Å². The van der Waals surface area contributed by atoms with Gasteiger partial charge < -0.3 is 10.1 Å². The number of amides is 1.